The number of anilines is 1. The zero-order valence-corrected chi connectivity index (χ0v) is 14.5. The molecule has 0 aliphatic heterocycles. The smallest absolute Gasteiger partial charge is 0.266 e. The highest BCUT2D eigenvalue weighted by molar-refractivity contribution is 6.31. The number of pyridine rings is 1. The van der Waals surface area contributed by atoms with Crippen molar-refractivity contribution in [2.75, 3.05) is 5.32 Å². The number of aromatic nitrogens is 1. The first-order valence-corrected chi connectivity index (χ1v) is 8.10. The van der Waals surface area contributed by atoms with E-state index in [0.717, 1.165) is 16.5 Å². The largest absolute Gasteiger partial charge is 0.319 e. The molecule has 1 heterocycles. The first-order chi connectivity index (χ1) is 12.5. The van der Waals surface area contributed by atoms with Gasteiger partial charge in [0.2, 0.25) is 0 Å². The van der Waals surface area contributed by atoms with Gasteiger partial charge in [-0.25, -0.2) is 9.37 Å². The van der Waals surface area contributed by atoms with E-state index in [1.54, 1.807) is 12.1 Å². The van der Waals surface area contributed by atoms with E-state index in [9.17, 15) is 14.4 Å². The summed E-state index contributed by atoms with van der Waals surface area (Å²) in [6, 6.07) is 15.0. The van der Waals surface area contributed by atoms with Gasteiger partial charge in [0.25, 0.3) is 5.91 Å². The van der Waals surface area contributed by atoms with Crippen LogP contribution in [0.2, 0.25) is 5.15 Å². The molecule has 0 spiro atoms. The van der Waals surface area contributed by atoms with Crippen molar-refractivity contribution < 1.29 is 9.18 Å². The molecule has 0 fully saturated rings. The van der Waals surface area contributed by atoms with Gasteiger partial charge in [0.05, 0.1) is 11.2 Å². The van der Waals surface area contributed by atoms with Crippen LogP contribution in [0.4, 0.5) is 10.1 Å². The number of hydrogen-bond donors (Lipinski definition) is 1. The topological polar surface area (TPSA) is 65.8 Å². The van der Waals surface area contributed by atoms with Gasteiger partial charge in [0.1, 0.15) is 22.6 Å². The van der Waals surface area contributed by atoms with Crippen LogP contribution in [0.1, 0.15) is 11.1 Å². The highest BCUT2D eigenvalue weighted by Gasteiger charge is 2.13. The van der Waals surface area contributed by atoms with E-state index in [1.807, 2.05) is 31.2 Å². The molecule has 0 aliphatic rings. The average molecular weight is 366 g/mol. The Kier molecular flexibility index (Phi) is 4.97. The Morgan fingerprint density at radius 1 is 1.27 bits per heavy atom. The highest BCUT2D eigenvalue weighted by Crippen LogP contribution is 2.24. The molecule has 1 N–H and O–H groups in total. The Labute approximate surface area is 154 Å². The number of aryl methyl sites for hydroxylation is 1. The summed E-state index contributed by atoms with van der Waals surface area (Å²) in [4.78, 5) is 16.6. The zero-order valence-electron chi connectivity index (χ0n) is 13.8. The molecule has 0 radical (unpaired) electrons. The standard InChI is InChI=1S/C20H13ClFN3O/c1-12-6-7-13-9-14(19(21)24-18(13)8-12)10-15(11-23)20(26)25-17-5-3-2-4-16(17)22/h2-10H,1H3,(H,25,26)/b15-10+. The van der Waals surface area contributed by atoms with E-state index in [2.05, 4.69) is 10.3 Å². The lowest BCUT2D eigenvalue weighted by Gasteiger charge is -2.06. The molecule has 0 unspecified atom stereocenters. The number of para-hydroxylation sites is 1. The first-order valence-electron chi connectivity index (χ1n) is 7.72. The second-order valence-corrected chi connectivity index (χ2v) is 6.03. The Balaban J connectivity index is 1.96. The molecule has 26 heavy (non-hydrogen) atoms. The minimum absolute atomic E-state index is 0.00291. The number of benzene rings is 2. The van der Waals surface area contributed by atoms with Gasteiger partial charge in [0, 0.05) is 10.9 Å². The molecule has 0 saturated heterocycles. The van der Waals surface area contributed by atoms with Crippen LogP contribution in [0.3, 0.4) is 0 Å². The lowest BCUT2D eigenvalue weighted by molar-refractivity contribution is -0.112. The lowest BCUT2D eigenvalue weighted by Crippen LogP contribution is -2.14. The van der Waals surface area contributed by atoms with Crippen LogP contribution in [-0.4, -0.2) is 10.9 Å². The van der Waals surface area contributed by atoms with Crippen LogP contribution in [0.25, 0.3) is 17.0 Å². The molecule has 128 valence electrons. The third-order valence-electron chi connectivity index (χ3n) is 3.74. The van der Waals surface area contributed by atoms with Gasteiger partial charge in [-0.2, -0.15) is 5.26 Å². The third kappa shape index (κ3) is 3.71. The Bertz CT molecular complexity index is 1090. The van der Waals surface area contributed by atoms with Crippen LogP contribution in [0.5, 0.6) is 0 Å². The Morgan fingerprint density at radius 3 is 2.77 bits per heavy atom. The molecular weight excluding hydrogens is 353 g/mol. The normalized spacial score (nSPS) is 11.2. The monoisotopic (exact) mass is 365 g/mol. The predicted octanol–water partition coefficient (Wildman–Crippen LogP) is 4.88. The molecule has 0 aliphatic carbocycles. The molecule has 6 heteroatoms. The number of carbonyl (C=O) groups is 1. The molecule has 1 amide bonds. The van der Waals surface area contributed by atoms with Crippen molar-refractivity contribution in [3.05, 3.63) is 76.2 Å². The fraction of sp³-hybridized carbons (Fsp3) is 0.0500. The third-order valence-corrected chi connectivity index (χ3v) is 4.04. The van der Waals surface area contributed by atoms with Crippen molar-refractivity contribution in [2.45, 2.75) is 6.92 Å². The average Bonchev–Trinajstić information content (AvgIpc) is 2.61. The quantitative estimate of drug-likeness (QED) is 0.408. The minimum Gasteiger partial charge on any atom is -0.319 e. The van der Waals surface area contributed by atoms with Gasteiger partial charge in [-0.05, 0) is 42.8 Å². The number of carbonyl (C=O) groups excluding carboxylic acids is 1. The number of nitrogens with zero attached hydrogens (tertiary/aromatic N) is 2. The summed E-state index contributed by atoms with van der Waals surface area (Å²) in [6.45, 7) is 1.95. The fourth-order valence-corrected chi connectivity index (χ4v) is 2.63. The molecule has 3 aromatic rings. The zero-order chi connectivity index (χ0) is 18.7. The maximum Gasteiger partial charge on any atom is 0.266 e. The van der Waals surface area contributed by atoms with Crippen molar-refractivity contribution in [3.63, 3.8) is 0 Å². The number of nitriles is 1. The Hall–Kier alpha value is -3.23. The maximum absolute atomic E-state index is 13.7. The number of amides is 1. The molecule has 2 aromatic carbocycles. The second-order valence-electron chi connectivity index (χ2n) is 5.67. The molecule has 3 rings (SSSR count). The van der Waals surface area contributed by atoms with E-state index in [-0.39, 0.29) is 16.4 Å². The molecular formula is C20H13ClFN3O. The molecule has 0 atom stereocenters. The molecule has 1 aromatic heterocycles. The van der Waals surface area contributed by atoms with Gasteiger partial charge < -0.3 is 5.32 Å². The van der Waals surface area contributed by atoms with Crippen LogP contribution >= 0.6 is 11.6 Å². The lowest BCUT2D eigenvalue weighted by atomic mass is 10.1. The van der Waals surface area contributed by atoms with Gasteiger partial charge >= 0.3 is 0 Å². The van der Waals surface area contributed by atoms with Gasteiger partial charge in [-0.15, -0.1) is 0 Å². The van der Waals surface area contributed by atoms with E-state index in [0.29, 0.717) is 5.56 Å². The summed E-state index contributed by atoms with van der Waals surface area (Å²) < 4.78 is 13.7. The van der Waals surface area contributed by atoms with Crippen molar-refractivity contribution in [1.29, 1.82) is 5.26 Å². The minimum atomic E-state index is -0.724. The van der Waals surface area contributed by atoms with Crippen LogP contribution in [-0.2, 0) is 4.79 Å². The van der Waals surface area contributed by atoms with E-state index in [1.165, 1.54) is 24.3 Å². The van der Waals surface area contributed by atoms with Crippen molar-refractivity contribution in [2.24, 2.45) is 0 Å². The Morgan fingerprint density at radius 2 is 2.04 bits per heavy atom. The summed E-state index contributed by atoms with van der Waals surface area (Å²) in [5, 5.41) is 12.7. The maximum atomic E-state index is 13.7. The summed E-state index contributed by atoms with van der Waals surface area (Å²) in [5.74, 6) is -1.31. The summed E-state index contributed by atoms with van der Waals surface area (Å²) >= 11 is 6.19. The number of nitrogens with one attached hydrogen (secondary N) is 1. The van der Waals surface area contributed by atoms with Gasteiger partial charge in [-0.3, -0.25) is 4.79 Å². The van der Waals surface area contributed by atoms with Crippen molar-refractivity contribution >= 4 is 40.2 Å². The van der Waals surface area contributed by atoms with Crippen molar-refractivity contribution in [3.8, 4) is 6.07 Å². The first kappa shape index (κ1) is 17.6. The van der Waals surface area contributed by atoms with Crippen LogP contribution < -0.4 is 5.32 Å². The highest BCUT2D eigenvalue weighted by atomic mass is 35.5. The van der Waals surface area contributed by atoms with E-state index in [4.69, 9.17) is 11.6 Å². The predicted molar refractivity (Wildman–Crippen MR) is 100 cm³/mol. The van der Waals surface area contributed by atoms with Crippen LogP contribution in [0.15, 0.2) is 54.1 Å². The number of halogens is 2. The molecule has 0 bridgehead atoms. The summed E-state index contributed by atoms with van der Waals surface area (Å²) in [6.07, 6.45) is 1.34. The molecule has 0 saturated carbocycles. The SMILES string of the molecule is Cc1ccc2cc(/C=C(\C#N)C(=O)Nc3ccccc3F)c(Cl)nc2c1. The van der Waals surface area contributed by atoms with Gasteiger partial charge in [0.15, 0.2) is 0 Å². The number of hydrogen-bond acceptors (Lipinski definition) is 3. The second kappa shape index (κ2) is 7.34. The number of fused-ring (bicyclic) bond motifs is 1. The summed E-state index contributed by atoms with van der Waals surface area (Å²) in [7, 11) is 0. The van der Waals surface area contributed by atoms with Crippen LogP contribution in [0, 0.1) is 24.1 Å². The summed E-state index contributed by atoms with van der Waals surface area (Å²) in [5.41, 5.74) is 2.00. The number of rotatable bonds is 3. The van der Waals surface area contributed by atoms with Gasteiger partial charge in [-0.1, -0.05) is 35.9 Å². The van der Waals surface area contributed by atoms with Crippen molar-refractivity contribution in [1.82, 2.24) is 4.98 Å². The molecule has 4 nitrogen and oxygen atoms in total. The van der Waals surface area contributed by atoms with E-state index < -0.39 is 11.7 Å². The fourth-order valence-electron chi connectivity index (χ4n) is 2.43. The van der Waals surface area contributed by atoms with E-state index >= 15 is 0 Å².